The second-order valence-corrected chi connectivity index (χ2v) is 30.8. The van der Waals surface area contributed by atoms with Crippen LogP contribution in [0.3, 0.4) is 0 Å². The number of hydrogen-bond acceptors (Lipinski definition) is 1. The molecule has 20 aromatic rings. The molecule has 0 saturated carbocycles. The highest BCUT2D eigenvalue weighted by molar-refractivity contribution is 6.24. The number of rotatable bonds is 8. The Morgan fingerprint density at radius 3 is 0.890 bits per heavy atom. The third-order valence-electron chi connectivity index (χ3n) is 24.0. The maximum Gasteiger partial charge on any atom is 0.143 e. The van der Waals surface area contributed by atoms with E-state index in [2.05, 4.69) is 398 Å². The Morgan fingerprint density at radius 2 is 0.468 bits per heavy atom. The first-order chi connectivity index (χ1) is 53.6. The molecule has 0 unspecified atom stereocenters. The predicted molar refractivity (Wildman–Crippen MR) is 464 cm³/mol. The summed E-state index contributed by atoms with van der Waals surface area (Å²) < 4.78 is 6.50. The molecule has 0 aliphatic heterocycles. The second kappa shape index (κ2) is 25.1. The molecule has 2 aliphatic rings. The van der Waals surface area contributed by atoms with Gasteiger partial charge in [0, 0.05) is 27.2 Å². The first-order valence-electron chi connectivity index (χ1n) is 38.2. The molecule has 2 aliphatic carbocycles. The average Bonchev–Trinajstić information content (AvgIpc) is 1.58. The molecule has 22 rings (SSSR count). The van der Waals surface area contributed by atoms with Crippen molar-refractivity contribution in [2.75, 3.05) is 0 Å². The Kier molecular flexibility index (Phi) is 14.7. The van der Waals surface area contributed by atoms with E-state index < -0.39 is 0 Å². The van der Waals surface area contributed by atoms with Crippen molar-refractivity contribution >= 4 is 86.6 Å². The van der Waals surface area contributed by atoms with Crippen LogP contribution in [0.25, 0.3) is 198 Å². The second-order valence-electron chi connectivity index (χ2n) is 30.8. The molecule has 0 spiro atoms. The van der Waals surface area contributed by atoms with Gasteiger partial charge in [-0.1, -0.05) is 373 Å². The SMILES string of the molecule is CC1(C)c2ccc3ccccc3c2-c2cccc(-c3cccc(-c4c5ccccc5c(-c5cccc(-c6cccc7c6oc6ccccc67)c5)c5ccccc45)c3)c21.CC1(C)c2ccc3ccccc3c2-c2cccc(-c3cccc(-c4c5ccccc5c(-c5cccc(-c6ccccc6)c5)c5ccccc45)c3)c21. The number of fused-ring (bicyclic) bond motifs is 17. The van der Waals surface area contributed by atoms with Crippen LogP contribution in [0, 0.1) is 0 Å². The van der Waals surface area contributed by atoms with E-state index in [1.807, 2.05) is 6.07 Å². The van der Waals surface area contributed by atoms with E-state index in [9.17, 15) is 0 Å². The van der Waals surface area contributed by atoms with Crippen molar-refractivity contribution in [2.45, 2.75) is 38.5 Å². The summed E-state index contributed by atoms with van der Waals surface area (Å²) in [7, 11) is 0. The topological polar surface area (TPSA) is 13.1 Å². The quantitative estimate of drug-likeness (QED) is 0.138. The van der Waals surface area contributed by atoms with E-state index in [0.29, 0.717) is 0 Å². The van der Waals surface area contributed by atoms with Gasteiger partial charge in [0.15, 0.2) is 0 Å². The summed E-state index contributed by atoms with van der Waals surface area (Å²) in [4.78, 5) is 0. The number of hydrogen-bond donors (Lipinski definition) is 0. The molecule has 1 heteroatoms. The standard InChI is InChI=1S/C57H38O.C51H36/c1-57(2)50-32-31-35-15-3-4-20-40(35)54(50)49-29-13-26-41(55(49)57)36-16-11-18-38(33-36)52-44-22-5-7-24-46(44)53(47-25-8-6-23-45(47)52)39-19-12-17-37(34-39)42-27-14-28-48-43-21-9-10-30-51(43)58-56(42)48;1-51(2)46-30-29-34-17-6-7-22-39(34)49(46)45-28-14-27-40(50(45)51)36-19-13-21-38(32-36)48-43-25-10-8-23-41(43)47(42-24-9-11-26-44(42)48)37-20-12-18-35(31-37)33-15-4-3-5-16-33/h3-34H,1-2H3;3-32H,1-2H3. The van der Waals surface area contributed by atoms with E-state index in [1.54, 1.807) is 0 Å². The summed E-state index contributed by atoms with van der Waals surface area (Å²) in [5.74, 6) is 0. The molecule has 19 aromatic carbocycles. The summed E-state index contributed by atoms with van der Waals surface area (Å²) in [5, 5.41) is 17.6. The molecular formula is C108H74O. The molecular weight excluding hydrogens is 1310 g/mol. The van der Waals surface area contributed by atoms with Gasteiger partial charge in [0.05, 0.1) is 0 Å². The smallest absolute Gasteiger partial charge is 0.143 e. The van der Waals surface area contributed by atoms with Crippen molar-refractivity contribution < 1.29 is 4.42 Å². The molecule has 1 aromatic heterocycles. The van der Waals surface area contributed by atoms with Crippen LogP contribution in [0.2, 0.25) is 0 Å². The molecule has 0 N–H and O–H groups in total. The van der Waals surface area contributed by atoms with Crippen LogP contribution in [-0.4, -0.2) is 0 Å². The van der Waals surface area contributed by atoms with Gasteiger partial charge in [-0.2, -0.15) is 0 Å². The maximum atomic E-state index is 6.50. The highest BCUT2D eigenvalue weighted by Crippen LogP contribution is 2.58. The zero-order valence-electron chi connectivity index (χ0n) is 61.2. The Labute approximate surface area is 634 Å². The van der Waals surface area contributed by atoms with Crippen molar-refractivity contribution in [3.8, 4) is 111 Å². The van der Waals surface area contributed by atoms with Crippen molar-refractivity contribution in [1.82, 2.24) is 0 Å². The van der Waals surface area contributed by atoms with E-state index in [4.69, 9.17) is 4.42 Å². The molecule has 0 fully saturated rings. The Morgan fingerprint density at radius 1 is 0.183 bits per heavy atom. The highest BCUT2D eigenvalue weighted by atomic mass is 16.3. The largest absolute Gasteiger partial charge is 0.455 e. The van der Waals surface area contributed by atoms with Crippen LogP contribution in [0.5, 0.6) is 0 Å². The zero-order chi connectivity index (χ0) is 72.6. The fourth-order valence-electron chi connectivity index (χ4n) is 19.3. The molecule has 0 amide bonds. The van der Waals surface area contributed by atoms with E-state index in [-0.39, 0.29) is 10.8 Å². The lowest BCUT2D eigenvalue weighted by atomic mass is 9.78. The van der Waals surface area contributed by atoms with Gasteiger partial charge in [-0.05, 0) is 223 Å². The van der Waals surface area contributed by atoms with Gasteiger partial charge in [0.1, 0.15) is 11.2 Å². The van der Waals surface area contributed by atoms with Crippen molar-refractivity contribution in [3.63, 3.8) is 0 Å². The summed E-state index contributed by atoms with van der Waals surface area (Å²) in [6.45, 7) is 9.58. The first kappa shape index (κ1) is 64.0. The monoisotopic (exact) mass is 1390 g/mol. The van der Waals surface area contributed by atoms with Crippen LogP contribution in [0.15, 0.2) is 381 Å². The van der Waals surface area contributed by atoms with E-state index in [1.165, 1.54) is 187 Å². The number of para-hydroxylation sites is 2. The Hall–Kier alpha value is -13.5. The summed E-state index contributed by atoms with van der Waals surface area (Å²) in [6.07, 6.45) is 0. The van der Waals surface area contributed by atoms with E-state index in [0.717, 1.165) is 33.1 Å². The van der Waals surface area contributed by atoms with Gasteiger partial charge >= 0.3 is 0 Å². The normalized spacial score (nSPS) is 13.1. The maximum absolute atomic E-state index is 6.50. The predicted octanol–water partition coefficient (Wildman–Crippen LogP) is 30.1. The van der Waals surface area contributed by atoms with Crippen molar-refractivity contribution in [3.05, 3.63) is 398 Å². The van der Waals surface area contributed by atoms with Gasteiger partial charge < -0.3 is 4.42 Å². The highest BCUT2D eigenvalue weighted by Gasteiger charge is 2.40. The van der Waals surface area contributed by atoms with Crippen molar-refractivity contribution in [2.24, 2.45) is 0 Å². The number of furan rings is 1. The number of benzene rings is 19. The molecule has 0 bridgehead atoms. The van der Waals surface area contributed by atoms with Gasteiger partial charge in [0.25, 0.3) is 0 Å². The molecule has 1 heterocycles. The fourth-order valence-corrected chi connectivity index (χ4v) is 19.3. The molecule has 512 valence electrons. The summed E-state index contributed by atoms with van der Waals surface area (Å²) in [5.41, 5.74) is 32.4. The van der Waals surface area contributed by atoms with Crippen LogP contribution < -0.4 is 0 Å². The Balaban J connectivity index is 0.000000140. The minimum absolute atomic E-state index is 0.128. The molecule has 0 atom stereocenters. The molecule has 1 nitrogen and oxygen atoms in total. The minimum atomic E-state index is -0.146. The molecule has 0 radical (unpaired) electrons. The lowest BCUT2D eigenvalue weighted by molar-refractivity contribution is 0.662. The van der Waals surface area contributed by atoms with Gasteiger partial charge in [-0.25, -0.2) is 0 Å². The minimum Gasteiger partial charge on any atom is -0.455 e. The Bertz CT molecular complexity index is 7040. The van der Waals surface area contributed by atoms with Crippen LogP contribution in [0.1, 0.15) is 49.9 Å². The molecule has 109 heavy (non-hydrogen) atoms. The van der Waals surface area contributed by atoms with Crippen LogP contribution >= 0.6 is 0 Å². The fraction of sp³-hybridized carbons (Fsp3) is 0.0556. The summed E-state index contributed by atoms with van der Waals surface area (Å²) in [6, 6.07) is 139. The third kappa shape index (κ3) is 10.1. The molecule has 0 saturated heterocycles. The third-order valence-corrected chi connectivity index (χ3v) is 24.0. The lowest BCUT2D eigenvalue weighted by Gasteiger charge is -2.25. The van der Waals surface area contributed by atoms with E-state index >= 15 is 0 Å². The van der Waals surface area contributed by atoms with Crippen LogP contribution in [-0.2, 0) is 10.8 Å². The van der Waals surface area contributed by atoms with Crippen molar-refractivity contribution in [1.29, 1.82) is 0 Å². The lowest BCUT2D eigenvalue weighted by Crippen LogP contribution is -2.16. The van der Waals surface area contributed by atoms with Gasteiger partial charge in [-0.3, -0.25) is 0 Å². The first-order valence-corrected chi connectivity index (χ1v) is 38.2. The van der Waals surface area contributed by atoms with Crippen LogP contribution in [0.4, 0.5) is 0 Å². The summed E-state index contributed by atoms with van der Waals surface area (Å²) >= 11 is 0. The average molecular weight is 1390 g/mol. The van der Waals surface area contributed by atoms with Gasteiger partial charge in [0.2, 0.25) is 0 Å². The zero-order valence-corrected chi connectivity index (χ0v) is 61.2. The van der Waals surface area contributed by atoms with Gasteiger partial charge in [-0.15, -0.1) is 0 Å².